The lowest BCUT2D eigenvalue weighted by Gasteiger charge is -2.21. The Morgan fingerprint density at radius 3 is 2.44 bits per heavy atom. The van der Waals surface area contributed by atoms with Crippen LogP contribution in [-0.2, 0) is 9.59 Å². The molecule has 5 heteroatoms. The van der Waals surface area contributed by atoms with Gasteiger partial charge in [-0.2, -0.15) is 0 Å². The number of nitrogens with zero attached hydrogens (tertiary/aromatic N) is 1. The van der Waals surface area contributed by atoms with Gasteiger partial charge in [-0.05, 0) is 19.8 Å². The average Bonchev–Trinajstić information content (AvgIpc) is 2.24. The van der Waals surface area contributed by atoms with Crippen LogP contribution in [0.5, 0.6) is 0 Å². The van der Waals surface area contributed by atoms with Gasteiger partial charge in [0.2, 0.25) is 5.91 Å². The topological polar surface area (TPSA) is 69.6 Å². The number of carboxylic acid groups (broad SMARTS) is 1. The highest BCUT2D eigenvalue weighted by Crippen LogP contribution is 1.94. The molecule has 5 nitrogen and oxygen atoms in total. The molecule has 2 N–H and O–H groups in total. The summed E-state index contributed by atoms with van der Waals surface area (Å²) in [5.74, 6) is -1.12. The van der Waals surface area contributed by atoms with Crippen LogP contribution in [0.25, 0.3) is 0 Å². The van der Waals surface area contributed by atoms with Crippen molar-refractivity contribution in [2.24, 2.45) is 0 Å². The second-order valence-corrected chi connectivity index (χ2v) is 3.90. The standard InChI is InChI=1S/C11H22N2O3/c1-4-6-13(8-11(15)16)10(14)7-12-9(3)5-2/h9,12H,4-8H2,1-3H3,(H,15,16). The van der Waals surface area contributed by atoms with Crippen LogP contribution < -0.4 is 5.32 Å². The van der Waals surface area contributed by atoms with Crippen molar-refractivity contribution in [1.29, 1.82) is 0 Å². The van der Waals surface area contributed by atoms with Crippen molar-refractivity contribution in [1.82, 2.24) is 10.2 Å². The van der Waals surface area contributed by atoms with Crippen LogP contribution in [0.4, 0.5) is 0 Å². The molecule has 0 saturated carbocycles. The molecule has 94 valence electrons. The third-order valence-corrected chi connectivity index (χ3v) is 2.39. The van der Waals surface area contributed by atoms with E-state index in [4.69, 9.17) is 5.11 Å². The first-order chi connectivity index (χ1) is 7.51. The molecule has 0 radical (unpaired) electrons. The Balaban J connectivity index is 4.10. The van der Waals surface area contributed by atoms with Gasteiger partial charge in [0.15, 0.2) is 0 Å². The van der Waals surface area contributed by atoms with Crippen LogP contribution in [0.1, 0.15) is 33.6 Å². The lowest BCUT2D eigenvalue weighted by Crippen LogP contribution is -2.43. The molecule has 0 spiro atoms. The molecule has 0 rings (SSSR count). The number of carbonyl (C=O) groups excluding carboxylic acids is 1. The summed E-state index contributed by atoms with van der Waals surface area (Å²) in [5.41, 5.74) is 0. The van der Waals surface area contributed by atoms with E-state index in [1.54, 1.807) is 0 Å². The van der Waals surface area contributed by atoms with E-state index in [-0.39, 0.29) is 25.0 Å². The highest BCUT2D eigenvalue weighted by atomic mass is 16.4. The number of carboxylic acids is 1. The van der Waals surface area contributed by atoms with Crippen LogP contribution in [-0.4, -0.2) is 47.6 Å². The lowest BCUT2D eigenvalue weighted by molar-refractivity contribution is -0.144. The van der Waals surface area contributed by atoms with Gasteiger partial charge in [-0.1, -0.05) is 13.8 Å². The van der Waals surface area contributed by atoms with Crippen molar-refractivity contribution in [2.45, 2.75) is 39.7 Å². The zero-order chi connectivity index (χ0) is 12.6. The smallest absolute Gasteiger partial charge is 0.323 e. The number of nitrogens with one attached hydrogen (secondary N) is 1. The molecule has 16 heavy (non-hydrogen) atoms. The van der Waals surface area contributed by atoms with E-state index in [9.17, 15) is 9.59 Å². The molecular formula is C11H22N2O3. The molecule has 0 aliphatic carbocycles. The van der Waals surface area contributed by atoms with Gasteiger partial charge in [-0.15, -0.1) is 0 Å². The minimum absolute atomic E-state index is 0.149. The Labute approximate surface area is 96.8 Å². The van der Waals surface area contributed by atoms with Crippen molar-refractivity contribution < 1.29 is 14.7 Å². The summed E-state index contributed by atoms with van der Waals surface area (Å²) in [6, 6.07) is 0.275. The van der Waals surface area contributed by atoms with Crippen LogP contribution in [0.3, 0.4) is 0 Å². The highest BCUT2D eigenvalue weighted by Gasteiger charge is 2.15. The second-order valence-electron chi connectivity index (χ2n) is 3.90. The number of amides is 1. The molecule has 0 aromatic carbocycles. The van der Waals surface area contributed by atoms with Crippen LogP contribution in [0.2, 0.25) is 0 Å². The zero-order valence-electron chi connectivity index (χ0n) is 10.3. The first kappa shape index (κ1) is 14.9. The predicted octanol–water partition coefficient (Wildman–Crippen LogP) is 0.698. The number of carbonyl (C=O) groups is 2. The monoisotopic (exact) mass is 230 g/mol. The predicted molar refractivity (Wildman–Crippen MR) is 62.3 cm³/mol. The van der Waals surface area contributed by atoms with E-state index in [1.807, 2.05) is 20.8 Å². The number of aliphatic carboxylic acids is 1. The van der Waals surface area contributed by atoms with E-state index >= 15 is 0 Å². The Morgan fingerprint density at radius 2 is 2.00 bits per heavy atom. The van der Waals surface area contributed by atoms with Crippen molar-refractivity contribution in [2.75, 3.05) is 19.6 Å². The van der Waals surface area contributed by atoms with Crippen LogP contribution in [0, 0.1) is 0 Å². The minimum Gasteiger partial charge on any atom is -0.480 e. The van der Waals surface area contributed by atoms with Gasteiger partial charge in [0, 0.05) is 12.6 Å². The molecule has 0 aliphatic rings. The Bertz CT molecular complexity index is 231. The van der Waals surface area contributed by atoms with E-state index in [2.05, 4.69) is 5.32 Å². The van der Waals surface area contributed by atoms with Crippen molar-refractivity contribution in [3.05, 3.63) is 0 Å². The zero-order valence-corrected chi connectivity index (χ0v) is 10.3. The molecule has 0 bridgehead atoms. The van der Waals surface area contributed by atoms with Gasteiger partial charge in [0.05, 0.1) is 6.54 Å². The van der Waals surface area contributed by atoms with E-state index < -0.39 is 5.97 Å². The summed E-state index contributed by atoms with van der Waals surface area (Å²) in [7, 11) is 0. The normalized spacial score (nSPS) is 12.2. The van der Waals surface area contributed by atoms with Gasteiger partial charge < -0.3 is 15.3 Å². The third-order valence-electron chi connectivity index (χ3n) is 2.39. The highest BCUT2D eigenvalue weighted by molar-refractivity contribution is 5.82. The van der Waals surface area contributed by atoms with Gasteiger partial charge in [-0.3, -0.25) is 9.59 Å². The first-order valence-electron chi connectivity index (χ1n) is 5.74. The van der Waals surface area contributed by atoms with Crippen molar-refractivity contribution >= 4 is 11.9 Å². The summed E-state index contributed by atoms with van der Waals surface area (Å²) in [4.78, 5) is 23.6. The molecule has 0 heterocycles. The summed E-state index contributed by atoms with van der Waals surface area (Å²) < 4.78 is 0. The number of hydrogen-bond acceptors (Lipinski definition) is 3. The molecule has 1 atom stereocenters. The maximum Gasteiger partial charge on any atom is 0.323 e. The third kappa shape index (κ3) is 6.40. The Kier molecular flexibility index (Phi) is 7.54. The maximum atomic E-state index is 11.7. The molecular weight excluding hydrogens is 208 g/mol. The fourth-order valence-electron chi connectivity index (χ4n) is 1.24. The van der Waals surface area contributed by atoms with Crippen LogP contribution >= 0.6 is 0 Å². The minimum atomic E-state index is -0.967. The summed E-state index contributed by atoms with van der Waals surface area (Å²) >= 11 is 0. The van der Waals surface area contributed by atoms with Gasteiger partial charge >= 0.3 is 5.97 Å². The van der Waals surface area contributed by atoms with Crippen molar-refractivity contribution in [3.63, 3.8) is 0 Å². The molecule has 0 aromatic rings. The average molecular weight is 230 g/mol. The largest absolute Gasteiger partial charge is 0.480 e. The molecule has 0 aromatic heterocycles. The second kappa shape index (κ2) is 8.10. The van der Waals surface area contributed by atoms with E-state index in [0.717, 1.165) is 12.8 Å². The van der Waals surface area contributed by atoms with E-state index in [0.29, 0.717) is 6.54 Å². The van der Waals surface area contributed by atoms with Gasteiger partial charge in [-0.25, -0.2) is 0 Å². The quantitative estimate of drug-likeness (QED) is 0.644. The Morgan fingerprint density at radius 1 is 1.38 bits per heavy atom. The van der Waals surface area contributed by atoms with E-state index in [1.165, 1.54) is 4.90 Å². The molecule has 0 fully saturated rings. The lowest BCUT2D eigenvalue weighted by atomic mass is 10.2. The summed E-state index contributed by atoms with van der Waals surface area (Å²) in [6.45, 7) is 6.44. The van der Waals surface area contributed by atoms with Crippen molar-refractivity contribution in [3.8, 4) is 0 Å². The maximum absolute atomic E-state index is 11.7. The van der Waals surface area contributed by atoms with Gasteiger partial charge in [0.1, 0.15) is 6.54 Å². The Hall–Kier alpha value is -1.10. The molecule has 1 amide bonds. The fourth-order valence-corrected chi connectivity index (χ4v) is 1.24. The summed E-state index contributed by atoms with van der Waals surface area (Å²) in [5, 5.41) is 11.7. The SMILES string of the molecule is CCCN(CC(=O)O)C(=O)CNC(C)CC. The fraction of sp³-hybridized carbons (Fsp3) is 0.818. The number of rotatable bonds is 8. The first-order valence-corrected chi connectivity index (χ1v) is 5.74. The molecule has 0 saturated heterocycles. The molecule has 1 unspecified atom stereocenters. The molecule has 0 aliphatic heterocycles. The van der Waals surface area contributed by atoms with Crippen LogP contribution in [0.15, 0.2) is 0 Å². The van der Waals surface area contributed by atoms with Gasteiger partial charge in [0.25, 0.3) is 0 Å². The summed E-state index contributed by atoms with van der Waals surface area (Å²) in [6.07, 6.45) is 1.71. The number of hydrogen-bond donors (Lipinski definition) is 2.